The number of benzene rings is 2. The molecule has 2 aromatic heterocycles. The Morgan fingerprint density at radius 1 is 1.12 bits per heavy atom. The van der Waals surface area contributed by atoms with Crippen molar-refractivity contribution in [2.75, 3.05) is 12.4 Å². The number of hydrogen-bond acceptors (Lipinski definition) is 6. The number of para-hydroxylation sites is 1. The average molecular weight is 446 g/mol. The van der Waals surface area contributed by atoms with Crippen molar-refractivity contribution < 1.29 is 9.53 Å². The molecule has 7 nitrogen and oxygen atoms in total. The quantitative estimate of drug-likeness (QED) is 0.404. The van der Waals surface area contributed by atoms with E-state index >= 15 is 0 Å². The van der Waals surface area contributed by atoms with E-state index in [1.165, 1.54) is 10.8 Å². The van der Waals surface area contributed by atoms with Crippen LogP contribution in [0.5, 0.6) is 5.75 Å². The Kier molecular flexibility index (Phi) is 6.57. The number of halogens is 1. The summed E-state index contributed by atoms with van der Waals surface area (Å²) in [4.78, 5) is 21.6. The zero-order valence-corrected chi connectivity index (χ0v) is 18.0. The lowest BCUT2D eigenvalue weighted by Crippen LogP contribution is -2.14. The molecule has 0 amide bonds. The summed E-state index contributed by atoms with van der Waals surface area (Å²) < 4.78 is 6.63. The second-order valence-corrected chi connectivity index (χ2v) is 7.18. The maximum atomic E-state index is 13.0. The molecule has 4 aromatic rings. The van der Waals surface area contributed by atoms with Crippen LogP contribution < -0.4 is 10.1 Å². The van der Waals surface area contributed by atoms with Crippen LogP contribution in [0.2, 0.25) is 5.02 Å². The molecule has 0 atom stereocenters. The van der Waals surface area contributed by atoms with Gasteiger partial charge in [-0.3, -0.25) is 9.78 Å². The first kappa shape index (κ1) is 21.3. The van der Waals surface area contributed by atoms with Gasteiger partial charge in [-0.2, -0.15) is 9.67 Å². The second kappa shape index (κ2) is 9.89. The van der Waals surface area contributed by atoms with E-state index in [9.17, 15) is 4.79 Å². The molecule has 0 saturated heterocycles. The highest BCUT2D eigenvalue weighted by Gasteiger charge is 2.16. The van der Waals surface area contributed by atoms with E-state index in [4.69, 9.17) is 16.3 Å². The van der Waals surface area contributed by atoms with Gasteiger partial charge < -0.3 is 10.1 Å². The number of pyridine rings is 1. The Labute approximate surface area is 190 Å². The van der Waals surface area contributed by atoms with E-state index in [0.717, 1.165) is 16.9 Å². The minimum Gasteiger partial charge on any atom is -0.496 e. The van der Waals surface area contributed by atoms with Gasteiger partial charge in [0, 0.05) is 41.2 Å². The monoisotopic (exact) mass is 445 g/mol. The highest BCUT2D eigenvalue weighted by atomic mass is 35.5. The molecule has 0 aliphatic carbocycles. The average Bonchev–Trinajstić information content (AvgIpc) is 3.27. The lowest BCUT2D eigenvalue weighted by Gasteiger charge is -2.09. The van der Waals surface area contributed by atoms with Gasteiger partial charge in [-0.25, -0.2) is 0 Å². The summed E-state index contributed by atoms with van der Waals surface area (Å²) in [5.74, 6) is 1.07. The summed E-state index contributed by atoms with van der Waals surface area (Å²) in [5, 5.41) is 8.16. The van der Waals surface area contributed by atoms with E-state index < -0.39 is 0 Å². The molecular weight excluding hydrogens is 426 g/mol. The maximum absolute atomic E-state index is 13.0. The van der Waals surface area contributed by atoms with Gasteiger partial charge in [-0.15, -0.1) is 5.10 Å². The van der Waals surface area contributed by atoms with Gasteiger partial charge in [-0.05, 0) is 35.9 Å². The molecule has 0 bridgehead atoms. The molecule has 0 unspecified atom stereocenters. The normalized spacial score (nSPS) is 10.9. The lowest BCUT2D eigenvalue weighted by molar-refractivity contribution is 0.0957. The van der Waals surface area contributed by atoms with E-state index in [0.29, 0.717) is 28.9 Å². The highest BCUT2D eigenvalue weighted by Crippen LogP contribution is 2.21. The molecule has 2 heterocycles. The number of nitrogens with one attached hydrogen (secondary N) is 1. The van der Waals surface area contributed by atoms with Gasteiger partial charge >= 0.3 is 0 Å². The number of hydrogen-bond donors (Lipinski definition) is 1. The third-order valence-electron chi connectivity index (χ3n) is 4.68. The fourth-order valence-electron chi connectivity index (χ4n) is 3.06. The number of anilines is 1. The Balaban J connectivity index is 1.64. The summed E-state index contributed by atoms with van der Waals surface area (Å²) >= 11 is 6.19. The van der Waals surface area contributed by atoms with Crippen molar-refractivity contribution in [3.05, 3.63) is 95.3 Å². The SMILES string of the molecule is COc1ccccc1CNc1nc(-c2cccnc2)nn1C(=O)C=Cc1ccccc1Cl. The van der Waals surface area contributed by atoms with Crippen molar-refractivity contribution in [3.63, 3.8) is 0 Å². The molecule has 8 heteroatoms. The third-order valence-corrected chi connectivity index (χ3v) is 5.02. The Morgan fingerprint density at radius 3 is 2.72 bits per heavy atom. The summed E-state index contributed by atoms with van der Waals surface area (Å²) in [6.07, 6.45) is 6.38. The van der Waals surface area contributed by atoms with Crippen LogP contribution in [0.25, 0.3) is 17.5 Å². The minimum absolute atomic E-state index is 0.309. The number of methoxy groups -OCH3 is 1. The van der Waals surface area contributed by atoms with Crippen molar-refractivity contribution in [1.29, 1.82) is 0 Å². The van der Waals surface area contributed by atoms with Crippen LogP contribution in [0.1, 0.15) is 15.9 Å². The fraction of sp³-hybridized carbons (Fsp3) is 0.0833. The fourth-order valence-corrected chi connectivity index (χ4v) is 3.26. The summed E-state index contributed by atoms with van der Waals surface area (Å²) in [7, 11) is 1.62. The van der Waals surface area contributed by atoms with Crippen molar-refractivity contribution >= 4 is 29.5 Å². The van der Waals surface area contributed by atoms with Gasteiger partial charge in [0.15, 0.2) is 5.82 Å². The zero-order valence-electron chi connectivity index (χ0n) is 17.3. The first-order chi connectivity index (χ1) is 15.7. The second-order valence-electron chi connectivity index (χ2n) is 6.77. The topological polar surface area (TPSA) is 81.9 Å². The zero-order chi connectivity index (χ0) is 22.3. The van der Waals surface area contributed by atoms with Gasteiger partial charge in [0.25, 0.3) is 5.91 Å². The van der Waals surface area contributed by atoms with Crippen LogP contribution >= 0.6 is 11.6 Å². The van der Waals surface area contributed by atoms with Crippen LogP contribution in [0.4, 0.5) is 5.95 Å². The number of rotatable bonds is 7. The number of aromatic nitrogens is 4. The van der Waals surface area contributed by atoms with Crippen LogP contribution in [-0.4, -0.2) is 32.8 Å². The van der Waals surface area contributed by atoms with E-state index in [-0.39, 0.29) is 5.91 Å². The molecule has 32 heavy (non-hydrogen) atoms. The third kappa shape index (κ3) is 4.84. The predicted molar refractivity (Wildman–Crippen MR) is 125 cm³/mol. The number of ether oxygens (including phenoxy) is 1. The van der Waals surface area contributed by atoms with E-state index in [2.05, 4.69) is 20.4 Å². The van der Waals surface area contributed by atoms with Crippen LogP contribution in [0.3, 0.4) is 0 Å². The number of nitrogens with zero attached hydrogens (tertiary/aromatic N) is 4. The molecule has 1 N–H and O–H groups in total. The first-order valence-corrected chi connectivity index (χ1v) is 10.2. The Bertz CT molecular complexity index is 1250. The molecule has 0 radical (unpaired) electrons. The minimum atomic E-state index is -0.366. The smallest absolute Gasteiger partial charge is 0.274 e. The van der Waals surface area contributed by atoms with Gasteiger partial charge in [0.2, 0.25) is 5.95 Å². The van der Waals surface area contributed by atoms with Crippen LogP contribution in [-0.2, 0) is 6.54 Å². The van der Waals surface area contributed by atoms with Crippen LogP contribution in [0, 0.1) is 0 Å². The van der Waals surface area contributed by atoms with Crippen molar-refractivity contribution in [2.24, 2.45) is 0 Å². The molecule has 2 aromatic carbocycles. The summed E-state index contributed by atoms with van der Waals surface area (Å²) in [6, 6.07) is 18.5. The summed E-state index contributed by atoms with van der Waals surface area (Å²) in [6.45, 7) is 0.399. The largest absolute Gasteiger partial charge is 0.496 e. The molecule has 160 valence electrons. The van der Waals surface area contributed by atoms with Gasteiger partial charge in [-0.1, -0.05) is 48.0 Å². The molecule has 0 aliphatic rings. The van der Waals surface area contributed by atoms with Crippen molar-refractivity contribution in [3.8, 4) is 17.1 Å². The van der Waals surface area contributed by atoms with E-state index in [1.807, 2.05) is 48.5 Å². The molecule has 0 saturated carbocycles. The molecule has 0 fully saturated rings. The van der Waals surface area contributed by atoms with Crippen LogP contribution in [0.15, 0.2) is 79.1 Å². The van der Waals surface area contributed by atoms with E-state index in [1.54, 1.807) is 37.7 Å². The number of allylic oxidation sites excluding steroid dienone is 1. The first-order valence-electron chi connectivity index (χ1n) is 9.86. The lowest BCUT2D eigenvalue weighted by atomic mass is 10.2. The number of carbonyl (C=O) groups is 1. The predicted octanol–water partition coefficient (Wildman–Crippen LogP) is 4.97. The number of carbonyl (C=O) groups excluding carboxylic acids is 1. The Morgan fingerprint density at radius 2 is 1.94 bits per heavy atom. The molecule has 4 rings (SSSR count). The van der Waals surface area contributed by atoms with Crippen molar-refractivity contribution in [1.82, 2.24) is 19.7 Å². The Hall–Kier alpha value is -3.97. The van der Waals surface area contributed by atoms with Gasteiger partial charge in [0.05, 0.1) is 7.11 Å². The summed E-state index contributed by atoms with van der Waals surface area (Å²) in [5.41, 5.74) is 2.36. The molecule has 0 spiro atoms. The highest BCUT2D eigenvalue weighted by molar-refractivity contribution is 6.32. The molecule has 0 aliphatic heterocycles. The maximum Gasteiger partial charge on any atom is 0.274 e. The standard InChI is InChI=1S/C24H20ClN5O2/c1-32-21-11-5-3-8-18(21)16-27-24-28-23(19-9-6-14-26-15-19)29-30(24)22(31)13-12-17-7-2-4-10-20(17)25/h2-15H,16H2,1H3,(H,27,28,29). The van der Waals surface area contributed by atoms with Crippen molar-refractivity contribution in [2.45, 2.75) is 6.54 Å². The van der Waals surface area contributed by atoms with Gasteiger partial charge in [0.1, 0.15) is 5.75 Å². The molecular formula is C24H20ClN5O2.